The molecule has 0 bridgehead atoms. The smallest absolute Gasteiger partial charge is 0.154 e. The number of nitrogens with zero attached hydrogens (tertiary/aromatic N) is 1. The summed E-state index contributed by atoms with van der Waals surface area (Å²) in [7, 11) is 0. The van der Waals surface area contributed by atoms with Crippen LogP contribution in [-0.2, 0) is 4.79 Å². The molecule has 0 radical (unpaired) electrons. The first-order chi connectivity index (χ1) is 6.15. The Morgan fingerprint density at radius 3 is 2.92 bits per heavy atom. The molecule has 1 aliphatic heterocycles. The predicted molar refractivity (Wildman–Crippen MR) is 55.2 cm³/mol. The lowest BCUT2D eigenvalue weighted by atomic mass is 10.1. The molecule has 0 aromatic heterocycles. The van der Waals surface area contributed by atoms with Crippen LogP contribution in [0.2, 0.25) is 0 Å². The molecule has 0 saturated heterocycles. The van der Waals surface area contributed by atoms with Gasteiger partial charge in [-0.2, -0.15) is 0 Å². The molecule has 0 fully saturated rings. The van der Waals surface area contributed by atoms with Crippen LogP contribution >= 0.6 is 23.2 Å². The summed E-state index contributed by atoms with van der Waals surface area (Å²) < 4.78 is 0. The van der Waals surface area contributed by atoms with E-state index in [2.05, 4.69) is 4.99 Å². The van der Waals surface area contributed by atoms with E-state index < -0.39 is 0 Å². The monoisotopic (exact) mass is 217 g/mol. The molecule has 0 N–H and O–H groups in total. The number of allylic oxidation sites excluding steroid dienone is 3. The molecular weight excluding hydrogens is 209 g/mol. The lowest BCUT2D eigenvalue weighted by Crippen LogP contribution is -1.99. The Balaban J connectivity index is 3.11. The summed E-state index contributed by atoms with van der Waals surface area (Å²) in [6, 6.07) is 0. The van der Waals surface area contributed by atoms with E-state index in [0.717, 1.165) is 6.42 Å². The van der Waals surface area contributed by atoms with Crippen LogP contribution in [0.15, 0.2) is 26.8 Å². The first-order valence-corrected chi connectivity index (χ1v) is 4.66. The lowest BCUT2D eigenvalue weighted by molar-refractivity contribution is -0.104. The second-order valence-electron chi connectivity index (χ2n) is 2.87. The van der Waals surface area contributed by atoms with Gasteiger partial charge in [-0.1, -0.05) is 36.2 Å². The van der Waals surface area contributed by atoms with Crippen LogP contribution in [0.1, 0.15) is 13.3 Å². The second kappa shape index (κ2) is 4.58. The topological polar surface area (TPSA) is 29.4 Å². The Bertz CT molecular complexity index is 305. The minimum Gasteiger partial charge on any atom is -0.298 e. The molecule has 0 aliphatic carbocycles. The summed E-state index contributed by atoms with van der Waals surface area (Å²) in [5.74, 6) is 0.288. The number of hydrogen-bond donors (Lipinski definition) is 0. The van der Waals surface area contributed by atoms with Crippen LogP contribution in [0, 0.1) is 5.92 Å². The van der Waals surface area contributed by atoms with E-state index in [1.165, 1.54) is 0 Å². The molecule has 0 saturated carbocycles. The van der Waals surface area contributed by atoms with Gasteiger partial charge in [0, 0.05) is 6.21 Å². The van der Waals surface area contributed by atoms with Gasteiger partial charge in [0.15, 0.2) is 6.29 Å². The molecule has 0 amide bonds. The number of rotatable bonds is 1. The molecule has 0 aromatic carbocycles. The van der Waals surface area contributed by atoms with Gasteiger partial charge in [0.05, 0.1) is 10.6 Å². The summed E-state index contributed by atoms with van der Waals surface area (Å²) in [6.07, 6.45) is 4.88. The van der Waals surface area contributed by atoms with E-state index in [1.807, 2.05) is 6.92 Å². The van der Waals surface area contributed by atoms with Crippen molar-refractivity contribution in [3.63, 3.8) is 0 Å². The van der Waals surface area contributed by atoms with Crippen molar-refractivity contribution in [2.45, 2.75) is 13.3 Å². The molecule has 1 heterocycles. The third-order valence-electron chi connectivity index (χ3n) is 1.71. The maximum Gasteiger partial charge on any atom is 0.154 e. The molecule has 1 atom stereocenters. The predicted octanol–water partition coefficient (Wildman–Crippen LogP) is 2.87. The highest BCUT2D eigenvalue weighted by Crippen LogP contribution is 2.23. The van der Waals surface area contributed by atoms with Gasteiger partial charge in [0.25, 0.3) is 0 Å². The molecule has 4 heteroatoms. The Labute approximate surface area is 86.9 Å². The highest BCUT2D eigenvalue weighted by molar-refractivity contribution is 6.38. The number of halogens is 2. The van der Waals surface area contributed by atoms with Crippen molar-refractivity contribution in [2.24, 2.45) is 10.9 Å². The number of aldehydes is 1. The third-order valence-corrected chi connectivity index (χ3v) is 2.37. The molecule has 0 spiro atoms. The Hall–Kier alpha value is -0.600. The molecule has 70 valence electrons. The summed E-state index contributed by atoms with van der Waals surface area (Å²) in [5, 5.41) is 0.534. The Morgan fingerprint density at radius 2 is 2.31 bits per heavy atom. The first kappa shape index (κ1) is 10.5. The van der Waals surface area contributed by atoms with Gasteiger partial charge >= 0.3 is 0 Å². The minimum absolute atomic E-state index is 0.155. The SMILES string of the molecule is CC1\C=N/C(Cl)=C(C=O)\C(Cl)=C\C1. The quantitative estimate of drug-likeness (QED) is 0.491. The fourth-order valence-corrected chi connectivity index (χ4v) is 1.40. The summed E-state index contributed by atoms with van der Waals surface area (Å²) in [6.45, 7) is 2.00. The molecule has 1 rings (SSSR count). The first-order valence-electron chi connectivity index (χ1n) is 3.90. The van der Waals surface area contributed by atoms with Crippen molar-refractivity contribution in [2.75, 3.05) is 0 Å². The van der Waals surface area contributed by atoms with Crippen LogP contribution < -0.4 is 0 Å². The standard InChI is InChI=1S/C9H9Cl2NO/c1-6-2-3-8(10)7(5-13)9(11)12-4-6/h3-6H,2H2,1H3/b8-3-,9-7-,12-4-. The van der Waals surface area contributed by atoms with Crippen molar-refractivity contribution in [3.8, 4) is 0 Å². The number of carbonyl (C=O) groups is 1. The van der Waals surface area contributed by atoms with Crippen molar-refractivity contribution in [1.82, 2.24) is 0 Å². The number of hydrogen-bond acceptors (Lipinski definition) is 2. The number of aliphatic imine (C=N–C) groups is 1. The summed E-state index contributed by atoms with van der Waals surface area (Å²) in [4.78, 5) is 14.5. The Morgan fingerprint density at radius 1 is 1.62 bits per heavy atom. The second-order valence-corrected chi connectivity index (χ2v) is 3.63. The van der Waals surface area contributed by atoms with E-state index in [9.17, 15) is 4.79 Å². The third kappa shape index (κ3) is 2.68. The van der Waals surface area contributed by atoms with E-state index >= 15 is 0 Å². The van der Waals surface area contributed by atoms with Gasteiger partial charge in [-0.05, 0) is 12.3 Å². The maximum atomic E-state index is 10.6. The number of carbonyl (C=O) groups excluding carboxylic acids is 1. The van der Waals surface area contributed by atoms with Gasteiger partial charge < -0.3 is 0 Å². The molecule has 2 nitrogen and oxygen atoms in total. The molecule has 0 aromatic rings. The van der Waals surface area contributed by atoms with E-state index in [4.69, 9.17) is 23.2 Å². The van der Waals surface area contributed by atoms with Crippen molar-refractivity contribution in [3.05, 3.63) is 21.8 Å². The zero-order chi connectivity index (χ0) is 9.84. The summed E-state index contributed by atoms with van der Waals surface area (Å²) >= 11 is 11.6. The highest BCUT2D eigenvalue weighted by Gasteiger charge is 2.10. The lowest BCUT2D eigenvalue weighted by Gasteiger charge is -2.07. The Kier molecular flexibility index (Phi) is 3.70. The fraction of sp³-hybridized carbons (Fsp3) is 0.333. The van der Waals surface area contributed by atoms with Crippen molar-refractivity contribution >= 4 is 35.7 Å². The molecule has 13 heavy (non-hydrogen) atoms. The van der Waals surface area contributed by atoms with Crippen LogP contribution in [0.3, 0.4) is 0 Å². The average Bonchev–Trinajstić information content (AvgIpc) is 2.11. The highest BCUT2D eigenvalue weighted by atomic mass is 35.5. The molecule has 1 unspecified atom stereocenters. The van der Waals surface area contributed by atoms with Gasteiger partial charge in [-0.15, -0.1) is 0 Å². The van der Waals surface area contributed by atoms with E-state index in [1.54, 1.807) is 12.3 Å². The van der Waals surface area contributed by atoms with Crippen LogP contribution in [-0.4, -0.2) is 12.5 Å². The fourth-order valence-electron chi connectivity index (χ4n) is 0.926. The van der Waals surface area contributed by atoms with Crippen molar-refractivity contribution in [1.29, 1.82) is 0 Å². The van der Waals surface area contributed by atoms with Crippen LogP contribution in [0.4, 0.5) is 0 Å². The van der Waals surface area contributed by atoms with Gasteiger partial charge in [0.1, 0.15) is 5.16 Å². The van der Waals surface area contributed by atoms with Crippen molar-refractivity contribution < 1.29 is 4.79 Å². The zero-order valence-corrected chi connectivity index (χ0v) is 8.64. The van der Waals surface area contributed by atoms with E-state index in [0.29, 0.717) is 11.3 Å². The molecular formula is C9H9Cl2NO. The average molecular weight is 218 g/mol. The normalized spacial score (nSPS) is 35.6. The summed E-state index contributed by atoms with van der Waals surface area (Å²) in [5.41, 5.74) is 0.256. The van der Waals surface area contributed by atoms with Gasteiger partial charge in [-0.3, -0.25) is 4.79 Å². The maximum absolute atomic E-state index is 10.6. The van der Waals surface area contributed by atoms with Crippen LogP contribution in [0.25, 0.3) is 0 Å². The van der Waals surface area contributed by atoms with Crippen LogP contribution in [0.5, 0.6) is 0 Å². The minimum atomic E-state index is 0.155. The van der Waals surface area contributed by atoms with Gasteiger partial charge in [0.2, 0.25) is 0 Å². The van der Waals surface area contributed by atoms with Gasteiger partial charge in [-0.25, -0.2) is 4.99 Å². The van der Waals surface area contributed by atoms with E-state index in [-0.39, 0.29) is 16.6 Å². The largest absolute Gasteiger partial charge is 0.298 e. The molecule has 1 aliphatic rings. The zero-order valence-electron chi connectivity index (χ0n) is 7.13.